The Morgan fingerprint density at radius 3 is 2.52 bits per heavy atom. The highest BCUT2D eigenvalue weighted by Gasteiger charge is 2.20. The lowest BCUT2D eigenvalue weighted by Gasteiger charge is -2.35. The number of thiocarbonyl (C=S) groups is 1. The Kier molecular flexibility index (Phi) is 8.51. The van der Waals surface area contributed by atoms with Crippen LogP contribution in [0.25, 0.3) is 0 Å². The van der Waals surface area contributed by atoms with Gasteiger partial charge in [-0.25, -0.2) is 0 Å². The number of hydrogen-bond acceptors (Lipinski definition) is 5. The summed E-state index contributed by atoms with van der Waals surface area (Å²) in [5, 5.41) is 6.77. The summed E-state index contributed by atoms with van der Waals surface area (Å²) in [6.07, 6.45) is 2.08. The van der Waals surface area contributed by atoms with E-state index in [0.717, 1.165) is 56.1 Å². The van der Waals surface area contributed by atoms with Gasteiger partial charge in [0.15, 0.2) is 5.11 Å². The van der Waals surface area contributed by atoms with E-state index in [2.05, 4.69) is 34.4 Å². The molecule has 31 heavy (non-hydrogen) atoms. The molecule has 0 bridgehead atoms. The zero-order valence-electron chi connectivity index (χ0n) is 18.0. The normalized spacial score (nSPS) is 14.2. The number of rotatable bonds is 7. The van der Waals surface area contributed by atoms with Crippen LogP contribution in [0, 0.1) is 0 Å². The Bertz CT molecular complexity index is 899. The van der Waals surface area contributed by atoms with Crippen LogP contribution in [0.5, 0.6) is 5.75 Å². The van der Waals surface area contributed by atoms with Crippen molar-refractivity contribution in [2.24, 2.45) is 0 Å². The fourth-order valence-electron chi connectivity index (χ4n) is 3.33. The molecule has 6 nitrogen and oxygen atoms in total. The number of nitrogens with zero attached hydrogens (tertiary/aromatic N) is 2. The maximum Gasteiger partial charge on any atom is 0.257 e. The summed E-state index contributed by atoms with van der Waals surface area (Å²) in [7, 11) is 2.11. The van der Waals surface area contributed by atoms with Gasteiger partial charge in [0.1, 0.15) is 5.75 Å². The standard InChI is InChI=1S/C23H29ClN4O2S/c1-3-4-16-30-18-10-8-17(9-11-18)22(29)26-23(31)25-20-7-5-6-19(24)21(20)28-14-12-27(2)13-15-28/h5-11H,3-4,12-16H2,1-2H3,(H2,25,26,29,31). The van der Waals surface area contributed by atoms with Crippen LogP contribution in [0.4, 0.5) is 11.4 Å². The summed E-state index contributed by atoms with van der Waals surface area (Å²) >= 11 is 11.9. The number of piperazine rings is 1. The maximum absolute atomic E-state index is 12.6. The number of para-hydroxylation sites is 1. The topological polar surface area (TPSA) is 56.8 Å². The molecule has 2 N–H and O–H groups in total. The highest BCUT2D eigenvalue weighted by Crippen LogP contribution is 2.34. The molecule has 166 valence electrons. The van der Waals surface area contributed by atoms with Gasteiger partial charge in [0, 0.05) is 31.7 Å². The predicted molar refractivity (Wildman–Crippen MR) is 132 cm³/mol. The second kappa shape index (κ2) is 11.3. The van der Waals surface area contributed by atoms with Gasteiger partial charge in [0.25, 0.3) is 5.91 Å². The molecule has 1 fully saturated rings. The molecule has 0 atom stereocenters. The molecule has 0 saturated carbocycles. The molecule has 1 heterocycles. The Balaban J connectivity index is 1.62. The summed E-state index contributed by atoms with van der Waals surface area (Å²) in [6, 6.07) is 12.7. The number of nitrogens with one attached hydrogen (secondary N) is 2. The summed E-state index contributed by atoms with van der Waals surface area (Å²) in [6.45, 7) is 6.46. The molecule has 1 aliphatic heterocycles. The predicted octanol–water partition coefficient (Wildman–Crippen LogP) is 4.40. The summed E-state index contributed by atoms with van der Waals surface area (Å²) in [5.74, 6) is 0.474. The average Bonchev–Trinajstić information content (AvgIpc) is 2.75. The van der Waals surface area contributed by atoms with Crippen LogP contribution in [0.1, 0.15) is 30.1 Å². The third-order valence-electron chi connectivity index (χ3n) is 5.16. The number of carbonyl (C=O) groups is 1. The van der Waals surface area contributed by atoms with Crippen molar-refractivity contribution in [3.05, 3.63) is 53.1 Å². The smallest absolute Gasteiger partial charge is 0.257 e. The lowest BCUT2D eigenvalue weighted by molar-refractivity contribution is 0.0977. The fraction of sp³-hybridized carbons (Fsp3) is 0.391. The molecule has 1 saturated heterocycles. The van der Waals surface area contributed by atoms with E-state index in [1.807, 2.05) is 18.2 Å². The molecule has 0 radical (unpaired) electrons. The average molecular weight is 461 g/mol. The first-order chi connectivity index (χ1) is 15.0. The number of likely N-dealkylation sites (N-methyl/N-ethyl adjacent to an activating group) is 1. The molecule has 0 unspecified atom stereocenters. The zero-order chi connectivity index (χ0) is 22.2. The van der Waals surface area contributed by atoms with Crippen molar-refractivity contribution in [1.29, 1.82) is 0 Å². The minimum Gasteiger partial charge on any atom is -0.494 e. The Morgan fingerprint density at radius 1 is 1.13 bits per heavy atom. The Morgan fingerprint density at radius 2 is 1.84 bits per heavy atom. The number of carbonyl (C=O) groups excluding carboxylic acids is 1. The first kappa shape index (κ1) is 23.3. The van der Waals surface area contributed by atoms with Gasteiger partial charge in [-0.3, -0.25) is 10.1 Å². The van der Waals surface area contributed by atoms with Gasteiger partial charge in [-0.15, -0.1) is 0 Å². The molecule has 0 aromatic heterocycles. The highest BCUT2D eigenvalue weighted by molar-refractivity contribution is 7.80. The molecule has 1 amide bonds. The van der Waals surface area contributed by atoms with Crippen molar-refractivity contribution in [1.82, 2.24) is 10.2 Å². The SMILES string of the molecule is CCCCOc1ccc(C(=O)NC(=S)Nc2cccc(Cl)c2N2CCN(C)CC2)cc1. The van der Waals surface area contributed by atoms with Crippen molar-refractivity contribution in [3.8, 4) is 5.75 Å². The van der Waals surface area contributed by atoms with Crippen LogP contribution in [0.2, 0.25) is 5.02 Å². The van der Waals surface area contributed by atoms with Gasteiger partial charge in [-0.05, 0) is 62.1 Å². The molecule has 8 heteroatoms. The number of anilines is 2. The molecular weight excluding hydrogens is 432 g/mol. The van der Waals surface area contributed by atoms with Crippen molar-refractivity contribution in [2.75, 3.05) is 50.1 Å². The number of benzene rings is 2. The third kappa shape index (κ3) is 6.56. The Labute approximate surface area is 194 Å². The van der Waals surface area contributed by atoms with Gasteiger partial charge in [-0.1, -0.05) is 31.0 Å². The van der Waals surface area contributed by atoms with Crippen molar-refractivity contribution < 1.29 is 9.53 Å². The molecule has 0 spiro atoms. The van der Waals surface area contributed by atoms with Crippen LogP contribution in [-0.2, 0) is 0 Å². The van der Waals surface area contributed by atoms with E-state index in [4.69, 9.17) is 28.6 Å². The van der Waals surface area contributed by atoms with Crippen molar-refractivity contribution >= 4 is 46.2 Å². The first-order valence-electron chi connectivity index (χ1n) is 10.5. The van der Waals surface area contributed by atoms with Crippen LogP contribution >= 0.6 is 23.8 Å². The molecule has 0 aliphatic carbocycles. The van der Waals surface area contributed by atoms with Gasteiger partial charge >= 0.3 is 0 Å². The zero-order valence-corrected chi connectivity index (χ0v) is 19.6. The van der Waals surface area contributed by atoms with E-state index >= 15 is 0 Å². The van der Waals surface area contributed by atoms with Crippen molar-refractivity contribution in [3.63, 3.8) is 0 Å². The lowest BCUT2D eigenvalue weighted by Crippen LogP contribution is -2.45. The first-order valence-corrected chi connectivity index (χ1v) is 11.3. The lowest BCUT2D eigenvalue weighted by atomic mass is 10.2. The third-order valence-corrected chi connectivity index (χ3v) is 5.67. The molecule has 2 aromatic rings. The number of halogens is 1. The number of ether oxygens (including phenoxy) is 1. The van der Waals surface area contributed by atoms with E-state index in [0.29, 0.717) is 17.2 Å². The minimum atomic E-state index is -0.277. The van der Waals surface area contributed by atoms with E-state index in [9.17, 15) is 4.79 Å². The van der Waals surface area contributed by atoms with Crippen LogP contribution < -0.4 is 20.3 Å². The summed E-state index contributed by atoms with van der Waals surface area (Å²) in [5.41, 5.74) is 2.20. The highest BCUT2D eigenvalue weighted by atomic mass is 35.5. The van der Waals surface area contributed by atoms with E-state index in [1.54, 1.807) is 24.3 Å². The second-order valence-electron chi connectivity index (χ2n) is 7.56. The molecule has 1 aliphatic rings. The van der Waals surface area contributed by atoms with Gasteiger partial charge < -0.3 is 19.9 Å². The summed E-state index contributed by atoms with van der Waals surface area (Å²) in [4.78, 5) is 17.1. The fourth-order valence-corrected chi connectivity index (χ4v) is 3.83. The van der Waals surface area contributed by atoms with Gasteiger partial charge in [0.05, 0.1) is 23.0 Å². The minimum absolute atomic E-state index is 0.228. The van der Waals surface area contributed by atoms with Crippen LogP contribution in [0.3, 0.4) is 0 Å². The number of hydrogen-bond donors (Lipinski definition) is 2. The largest absolute Gasteiger partial charge is 0.494 e. The van der Waals surface area contributed by atoms with Crippen LogP contribution in [0.15, 0.2) is 42.5 Å². The van der Waals surface area contributed by atoms with Gasteiger partial charge in [0.2, 0.25) is 0 Å². The van der Waals surface area contributed by atoms with Gasteiger partial charge in [-0.2, -0.15) is 0 Å². The number of unbranched alkanes of at least 4 members (excludes halogenated alkanes) is 1. The monoisotopic (exact) mass is 460 g/mol. The quantitative estimate of drug-likeness (QED) is 0.472. The summed E-state index contributed by atoms with van der Waals surface area (Å²) < 4.78 is 5.64. The second-order valence-corrected chi connectivity index (χ2v) is 8.38. The van der Waals surface area contributed by atoms with Crippen LogP contribution in [-0.4, -0.2) is 55.8 Å². The van der Waals surface area contributed by atoms with E-state index in [1.165, 1.54) is 0 Å². The van der Waals surface area contributed by atoms with E-state index in [-0.39, 0.29) is 11.0 Å². The maximum atomic E-state index is 12.6. The molecule has 3 rings (SSSR count). The van der Waals surface area contributed by atoms with E-state index < -0.39 is 0 Å². The molecular formula is C23H29ClN4O2S. The van der Waals surface area contributed by atoms with Crippen molar-refractivity contribution in [2.45, 2.75) is 19.8 Å². The number of amides is 1. The Hall–Kier alpha value is -2.35. The molecule has 2 aromatic carbocycles.